The molecule has 0 rings (SSSR count). The summed E-state index contributed by atoms with van der Waals surface area (Å²) in [6.07, 6.45) is 0. The average molecular weight is 435 g/mol. The fourth-order valence-corrected chi connectivity index (χ4v) is 0. The summed E-state index contributed by atoms with van der Waals surface area (Å²) in [5.41, 5.74) is 0. The van der Waals surface area contributed by atoms with Gasteiger partial charge in [-0.1, -0.05) is 0 Å². The van der Waals surface area contributed by atoms with Gasteiger partial charge in [0.2, 0.25) is 0 Å². The molecular weight excluding hydrogens is 432 g/mol. The first kappa shape index (κ1) is 37.6. The fourth-order valence-electron chi connectivity index (χ4n) is 0. The van der Waals surface area contributed by atoms with E-state index in [0.29, 0.717) is 0 Å². The molecule has 0 N–H and O–H groups in total. The molecule has 0 fully saturated rings. The Morgan fingerprint density at radius 3 is 1.00 bits per heavy atom. The van der Waals surface area contributed by atoms with E-state index in [1.165, 1.54) is 0 Å². The summed E-state index contributed by atoms with van der Waals surface area (Å²) in [6.45, 7) is 0. The van der Waals surface area contributed by atoms with Crippen molar-refractivity contribution in [3.05, 3.63) is 0 Å². The number of hydrogen-bond acceptors (Lipinski definition) is 0. The van der Waals surface area contributed by atoms with Crippen LogP contribution in [0.4, 0.5) is 0 Å². The van der Waals surface area contributed by atoms with Crippen LogP contribution in [0.5, 0.6) is 0 Å². The first-order valence-electron chi connectivity index (χ1n) is 0. The van der Waals surface area contributed by atoms with Crippen LogP contribution in [0.25, 0.3) is 0 Å². The zero-order valence-corrected chi connectivity index (χ0v) is 8.89. The maximum atomic E-state index is 0. The van der Waals surface area contributed by atoms with Crippen molar-refractivity contribution in [2.75, 3.05) is 0 Å². The first-order chi connectivity index (χ1) is 0. The van der Waals surface area contributed by atoms with Gasteiger partial charge in [0.05, 0.1) is 8.41 Å². The molecule has 0 nitrogen and oxygen atoms in total. The average Bonchev–Trinajstić information content (AvgIpc) is 0. The topological polar surface area (TPSA) is 0 Å². The van der Waals surface area contributed by atoms with E-state index in [4.69, 9.17) is 0 Å². The van der Waals surface area contributed by atoms with Crippen LogP contribution in [0, 0.1) is 79.0 Å². The molecule has 0 aliphatic heterocycles. The van der Waals surface area contributed by atoms with Crippen LogP contribution >= 0.6 is 0 Å². The van der Waals surface area contributed by atoms with E-state index in [1.807, 2.05) is 0 Å². The van der Waals surface area contributed by atoms with Gasteiger partial charge in [0.1, 0.15) is 0 Å². The van der Waals surface area contributed by atoms with Crippen LogP contribution in [0.15, 0.2) is 0 Å². The summed E-state index contributed by atoms with van der Waals surface area (Å²) < 4.78 is 0. The van der Waals surface area contributed by atoms with Crippen molar-refractivity contribution < 1.29 is 113 Å². The molecule has 0 saturated heterocycles. The van der Waals surface area contributed by atoms with Gasteiger partial charge >= 0.3 is 0 Å². The molecule has 0 aromatic carbocycles. The van der Waals surface area contributed by atoms with Crippen LogP contribution in [-0.4, -0.2) is 8.41 Å². The van der Waals surface area contributed by atoms with Crippen molar-refractivity contribution in [1.82, 2.24) is 0 Å². The van der Waals surface area contributed by atoms with E-state index >= 15 is 0 Å². The Balaban J connectivity index is 0. The smallest absolute Gasteiger partial charge is 0 e. The quantitative estimate of drug-likeness (QED) is 0.420. The molecule has 0 unspecified atom stereocenters. The number of hydrogen-bond donors (Lipinski definition) is 0. The van der Waals surface area contributed by atoms with Crippen LogP contribution in [0.2, 0.25) is 0 Å². The Morgan fingerprint density at radius 2 is 1.00 bits per heavy atom. The molecule has 0 atom stereocenters. The van der Waals surface area contributed by atoms with Crippen molar-refractivity contribution in [3.8, 4) is 0 Å². The monoisotopic (exact) mass is 435 g/mol. The Morgan fingerprint density at radius 1 is 1.00 bits per heavy atom. The largest absolute Gasteiger partial charge is 0.0814 e. The summed E-state index contributed by atoms with van der Waals surface area (Å²) in [4.78, 5) is 0. The van der Waals surface area contributed by atoms with Crippen molar-refractivity contribution in [3.63, 3.8) is 0 Å². The third kappa shape index (κ3) is 18.3. The van der Waals surface area contributed by atoms with Gasteiger partial charge in [-0.15, -0.1) is 0 Å². The summed E-state index contributed by atoms with van der Waals surface area (Å²) in [5, 5.41) is 0. The van der Waals surface area contributed by atoms with Crippen LogP contribution in [0.1, 0.15) is 0 Å². The Labute approximate surface area is 118 Å². The van der Waals surface area contributed by atoms with Gasteiger partial charge in [-0.2, -0.15) is 0 Å². The molecule has 5 heavy (non-hydrogen) atoms. The second-order valence-corrected chi connectivity index (χ2v) is 0. The molecule has 37 valence electrons. The summed E-state index contributed by atoms with van der Waals surface area (Å²) in [5.74, 6) is 0. The van der Waals surface area contributed by atoms with Crippen molar-refractivity contribution in [2.45, 2.75) is 0 Å². The van der Waals surface area contributed by atoms with Gasteiger partial charge in [-0.25, -0.2) is 0 Å². The van der Waals surface area contributed by atoms with Gasteiger partial charge in [-0.3, -0.25) is 0 Å². The van der Waals surface area contributed by atoms with E-state index in [2.05, 4.69) is 0 Å². The van der Waals surface area contributed by atoms with E-state index in [9.17, 15) is 0 Å². The summed E-state index contributed by atoms with van der Waals surface area (Å²) in [7, 11) is 0. The SMILES string of the molecule is B.[Co].[Dy].[Fe].[Nd]. The van der Waals surface area contributed by atoms with E-state index in [0.717, 1.165) is 0 Å². The molecule has 0 aromatic heterocycles. The Hall–Kier alpha value is 3.71. The normalized spacial score (nSPS) is 0. The third-order valence-corrected chi connectivity index (χ3v) is 0. The second kappa shape index (κ2) is 25.2. The van der Waals surface area contributed by atoms with Crippen LogP contribution < -0.4 is 0 Å². The van der Waals surface area contributed by atoms with E-state index in [-0.39, 0.29) is 121 Å². The minimum absolute atomic E-state index is 0. The first-order valence-corrected chi connectivity index (χ1v) is 0. The van der Waals surface area contributed by atoms with E-state index in [1.54, 1.807) is 0 Å². The maximum Gasteiger partial charge on any atom is 0.0814 e. The maximum absolute atomic E-state index is 0. The third-order valence-electron chi connectivity index (χ3n) is 0. The van der Waals surface area contributed by atoms with Crippen molar-refractivity contribution in [1.29, 1.82) is 0 Å². The Bertz CT molecular complexity index is 11.6. The van der Waals surface area contributed by atoms with Gasteiger partial charge in [0.15, 0.2) is 0 Å². The minimum Gasteiger partial charge on any atom is 0 e. The predicted molar refractivity (Wildman–Crippen MR) is 9.94 cm³/mol. The van der Waals surface area contributed by atoms with Crippen molar-refractivity contribution in [2.24, 2.45) is 0 Å². The fraction of sp³-hybridized carbons (Fsp3) is 0. The van der Waals surface area contributed by atoms with Crippen LogP contribution in [0.3, 0.4) is 0 Å². The molecule has 0 aromatic rings. The standard InChI is InChI=1S/BH3.Co.Dy.Fe.Nd/h1H3;;;;. The molecule has 0 aliphatic rings. The molecule has 1 radical (unpaired) electrons. The molecule has 5 heteroatoms. The zero-order chi connectivity index (χ0) is 0. The molecule has 0 heterocycles. The minimum atomic E-state index is 0. The molecule has 0 amide bonds. The van der Waals surface area contributed by atoms with Crippen molar-refractivity contribution >= 4 is 8.41 Å². The summed E-state index contributed by atoms with van der Waals surface area (Å²) >= 11 is 0. The predicted octanol–water partition coefficient (Wildman–Crippen LogP) is -1.19. The van der Waals surface area contributed by atoms with Gasteiger partial charge in [0.25, 0.3) is 0 Å². The molecule has 0 bridgehead atoms. The van der Waals surface area contributed by atoms with Gasteiger partial charge in [-0.05, 0) is 0 Å². The van der Waals surface area contributed by atoms with E-state index < -0.39 is 0 Å². The zero-order valence-electron chi connectivity index (χ0n) is 1.50. The Kier molecular flexibility index (Phi) is 190. The summed E-state index contributed by atoms with van der Waals surface area (Å²) in [6, 6.07) is 0. The second-order valence-electron chi connectivity index (χ2n) is 0. The van der Waals surface area contributed by atoms with Gasteiger partial charge in [0, 0.05) is 113 Å². The number of rotatable bonds is 0. The molecule has 0 aliphatic carbocycles. The van der Waals surface area contributed by atoms with Gasteiger partial charge < -0.3 is 0 Å². The molecule has 0 spiro atoms. The van der Waals surface area contributed by atoms with Crippen LogP contribution in [-0.2, 0) is 33.8 Å². The molecular formula is H3BCoDyFeNd. The molecule has 0 saturated carbocycles.